The van der Waals surface area contributed by atoms with Gasteiger partial charge in [0.15, 0.2) is 0 Å². The number of benzene rings is 1. The molecule has 5 N–H and O–H groups in total. The lowest BCUT2D eigenvalue weighted by Gasteiger charge is -2.50. The largest absolute Gasteiger partial charge is 0.400 e. The molecule has 0 radical (unpaired) electrons. The van der Waals surface area contributed by atoms with Gasteiger partial charge >= 0.3 is 0 Å². The molecule has 1 unspecified atom stereocenters. The average Bonchev–Trinajstić information content (AvgIpc) is 3.12. The van der Waals surface area contributed by atoms with Crippen LogP contribution < -0.4 is 31.7 Å². The fourth-order valence-electron chi connectivity index (χ4n) is 6.20. The molecule has 1 atom stereocenters. The number of ether oxygens (including phenoxy) is 1. The first-order valence-corrected chi connectivity index (χ1v) is 15.4. The maximum Gasteiger partial charge on any atom is 0.263 e. The SMILES string of the molecule is CCNc1ncc2c(n1)N(C)CCN(c1cccc(N(N)/C=C(\N)CN3CCC4(CC3)CN(C(C)C)C(=O)C(C)O4)c1)C2=O. The number of nitrogens with two attached hydrogens (primary N) is 2. The third-order valence-electron chi connectivity index (χ3n) is 8.66. The van der Waals surface area contributed by atoms with E-state index in [-0.39, 0.29) is 23.5 Å². The number of likely N-dealkylation sites (N-methyl/N-ethyl adjacent to an activating group) is 1. The van der Waals surface area contributed by atoms with Gasteiger partial charge < -0.3 is 30.5 Å². The molecule has 13 nitrogen and oxygen atoms in total. The lowest BCUT2D eigenvalue weighted by Crippen LogP contribution is -2.62. The summed E-state index contributed by atoms with van der Waals surface area (Å²) in [6.45, 7) is 12.5. The molecule has 4 heterocycles. The van der Waals surface area contributed by atoms with E-state index < -0.39 is 6.10 Å². The van der Waals surface area contributed by atoms with Gasteiger partial charge in [0.1, 0.15) is 17.5 Å². The predicted octanol–water partition coefficient (Wildman–Crippen LogP) is 1.98. The molecule has 0 aliphatic carbocycles. The summed E-state index contributed by atoms with van der Waals surface area (Å²) >= 11 is 0. The van der Waals surface area contributed by atoms with Crippen molar-refractivity contribution in [2.45, 2.75) is 58.3 Å². The Morgan fingerprint density at radius 2 is 1.98 bits per heavy atom. The van der Waals surface area contributed by atoms with E-state index in [1.165, 1.54) is 5.01 Å². The van der Waals surface area contributed by atoms with Crippen molar-refractivity contribution in [3.8, 4) is 0 Å². The quantitative estimate of drug-likeness (QED) is 0.299. The number of carbonyl (C=O) groups excluding carboxylic acids is 2. The van der Waals surface area contributed by atoms with Crippen LogP contribution in [0.15, 0.2) is 42.4 Å². The zero-order chi connectivity index (χ0) is 31.6. The molecule has 2 aromatic rings. The van der Waals surface area contributed by atoms with Crippen molar-refractivity contribution in [1.29, 1.82) is 0 Å². The van der Waals surface area contributed by atoms with Crippen molar-refractivity contribution < 1.29 is 14.3 Å². The second-order valence-corrected chi connectivity index (χ2v) is 12.2. The summed E-state index contributed by atoms with van der Waals surface area (Å²) in [7, 11) is 1.93. The van der Waals surface area contributed by atoms with Gasteiger partial charge in [-0.2, -0.15) is 4.98 Å². The highest BCUT2D eigenvalue weighted by molar-refractivity contribution is 6.10. The van der Waals surface area contributed by atoms with E-state index in [9.17, 15) is 9.59 Å². The first-order chi connectivity index (χ1) is 21.0. The van der Waals surface area contributed by atoms with Crippen LogP contribution >= 0.6 is 0 Å². The van der Waals surface area contributed by atoms with Crippen LogP contribution in [-0.4, -0.2) is 102 Å². The molecule has 5 rings (SSSR count). The van der Waals surface area contributed by atoms with Crippen molar-refractivity contribution in [2.24, 2.45) is 11.6 Å². The smallest absolute Gasteiger partial charge is 0.263 e. The summed E-state index contributed by atoms with van der Waals surface area (Å²) in [4.78, 5) is 43.0. The lowest BCUT2D eigenvalue weighted by molar-refractivity contribution is -0.192. The molecule has 44 heavy (non-hydrogen) atoms. The summed E-state index contributed by atoms with van der Waals surface area (Å²) in [6.07, 6.45) is 4.56. The molecule has 238 valence electrons. The molecule has 2 amide bonds. The number of carbonyl (C=O) groups is 2. The molecule has 0 saturated carbocycles. The lowest BCUT2D eigenvalue weighted by atomic mass is 9.88. The van der Waals surface area contributed by atoms with Gasteiger partial charge in [0, 0.05) is 76.1 Å². The number of anilines is 4. The molecular formula is C31H46N10O3. The monoisotopic (exact) mass is 606 g/mol. The molecule has 13 heteroatoms. The Labute approximate surface area is 259 Å². The molecule has 3 aliphatic rings. The number of piperidine rings is 1. The fourth-order valence-corrected chi connectivity index (χ4v) is 6.20. The van der Waals surface area contributed by atoms with Crippen molar-refractivity contribution in [2.75, 3.05) is 73.0 Å². The van der Waals surface area contributed by atoms with Crippen LogP contribution in [0.25, 0.3) is 0 Å². The predicted molar refractivity (Wildman–Crippen MR) is 172 cm³/mol. The van der Waals surface area contributed by atoms with Gasteiger partial charge in [-0.15, -0.1) is 0 Å². The van der Waals surface area contributed by atoms with Gasteiger partial charge in [-0.05, 0) is 58.7 Å². The number of fused-ring (bicyclic) bond motifs is 1. The van der Waals surface area contributed by atoms with Crippen molar-refractivity contribution in [3.63, 3.8) is 0 Å². The molecular weight excluding hydrogens is 560 g/mol. The molecule has 3 aliphatic heterocycles. The number of rotatable bonds is 8. The maximum absolute atomic E-state index is 13.6. The summed E-state index contributed by atoms with van der Waals surface area (Å²) in [6, 6.07) is 7.69. The number of hydrogen-bond acceptors (Lipinski definition) is 11. The number of nitrogens with one attached hydrogen (secondary N) is 1. The molecule has 2 fully saturated rings. The van der Waals surface area contributed by atoms with E-state index in [1.54, 1.807) is 17.3 Å². The van der Waals surface area contributed by atoms with E-state index >= 15 is 0 Å². The van der Waals surface area contributed by atoms with Gasteiger partial charge in [0.05, 0.1) is 17.8 Å². The minimum atomic E-state index is -0.422. The summed E-state index contributed by atoms with van der Waals surface area (Å²) in [5.74, 6) is 7.46. The first kappa shape index (κ1) is 31.5. The highest BCUT2D eigenvalue weighted by atomic mass is 16.5. The van der Waals surface area contributed by atoms with Crippen LogP contribution in [0.3, 0.4) is 0 Å². The summed E-state index contributed by atoms with van der Waals surface area (Å²) in [5, 5.41) is 4.61. The molecule has 1 spiro atoms. The van der Waals surface area contributed by atoms with Gasteiger partial charge in [-0.1, -0.05) is 6.07 Å². The Kier molecular flexibility index (Phi) is 9.28. The van der Waals surface area contributed by atoms with E-state index in [0.29, 0.717) is 61.4 Å². The Balaban J connectivity index is 1.23. The van der Waals surface area contributed by atoms with Crippen molar-refractivity contribution >= 4 is 35.0 Å². The van der Waals surface area contributed by atoms with Crippen LogP contribution in [0.2, 0.25) is 0 Å². The fraction of sp³-hybridized carbons (Fsp3) is 0.548. The van der Waals surface area contributed by atoms with Gasteiger partial charge in [0.25, 0.3) is 11.8 Å². The maximum atomic E-state index is 13.6. The molecule has 1 aromatic carbocycles. The van der Waals surface area contributed by atoms with Gasteiger partial charge in [0.2, 0.25) is 5.95 Å². The summed E-state index contributed by atoms with van der Waals surface area (Å²) in [5.41, 5.74) is 8.66. The van der Waals surface area contributed by atoms with Crippen molar-refractivity contribution in [1.82, 2.24) is 19.8 Å². The minimum absolute atomic E-state index is 0.0669. The third-order valence-corrected chi connectivity index (χ3v) is 8.66. The average molecular weight is 607 g/mol. The van der Waals surface area contributed by atoms with E-state index in [1.807, 2.05) is 55.0 Å². The van der Waals surface area contributed by atoms with Gasteiger partial charge in [-0.25, -0.2) is 10.8 Å². The number of morpholine rings is 1. The van der Waals surface area contributed by atoms with Gasteiger partial charge in [-0.3, -0.25) is 19.5 Å². The number of nitrogens with zero attached hydrogens (tertiary/aromatic N) is 7. The minimum Gasteiger partial charge on any atom is -0.400 e. The highest BCUT2D eigenvalue weighted by Gasteiger charge is 2.45. The highest BCUT2D eigenvalue weighted by Crippen LogP contribution is 2.34. The Morgan fingerprint density at radius 1 is 1.23 bits per heavy atom. The van der Waals surface area contributed by atoms with E-state index in [4.69, 9.17) is 16.3 Å². The van der Waals surface area contributed by atoms with E-state index in [2.05, 4.69) is 34.0 Å². The number of hydrazine groups is 1. The number of amides is 2. The standard InChI is InChI=1S/C31H46N10O3/c1-6-34-30-35-17-26-27(36-30)37(5)14-15-39(29(26)43)24-8-7-9-25(16-24)41(33)19-23(32)18-38-12-10-31(11-13-38)20-40(21(2)3)28(42)22(4)44-31/h7-9,16-17,19,21-22H,6,10-15,18,20,32-33H2,1-5H3,(H,34,35,36)/b23-19-. The summed E-state index contributed by atoms with van der Waals surface area (Å²) < 4.78 is 6.27. The van der Waals surface area contributed by atoms with Crippen LogP contribution in [0.4, 0.5) is 23.1 Å². The zero-order valence-electron chi connectivity index (χ0n) is 26.5. The Bertz CT molecular complexity index is 1390. The molecule has 0 bridgehead atoms. The van der Waals surface area contributed by atoms with Crippen LogP contribution in [0.1, 0.15) is 50.9 Å². The Morgan fingerprint density at radius 3 is 2.68 bits per heavy atom. The topological polar surface area (TPSA) is 149 Å². The van der Waals surface area contributed by atoms with Crippen molar-refractivity contribution in [3.05, 3.63) is 47.9 Å². The van der Waals surface area contributed by atoms with Crippen LogP contribution in [-0.2, 0) is 9.53 Å². The molecule has 2 saturated heterocycles. The third kappa shape index (κ3) is 6.59. The number of hydrogen-bond donors (Lipinski definition) is 3. The Hall–Kier alpha value is -3.94. The van der Waals surface area contributed by atoms with Crippen LogP contribution in [0.5, 0.6) is 0 Å². The first-order valence-electron chi connectivity index (χ1n) is 15.4. The second-order valence-electron chi connectivity index (χ2n) is 12.2. The molecule has 1 aromatic heterocycles. The zero-order valence-corrected chi connectivity index (χ0v) is 26.5. The number of likely N-dealkylation sites (tertiary alicyclic amines) is 1. The normalized spacial score (nSPS) is 21.1. The second kappa shape index (κ2) is 13.0. The van der Waals surface area contributed by atoms with E-state index in [0.717, 1.165) is 31.6 Å². The number of aromatic nitrogens is 2. The van der Waals surface area contributed by atoms with Crippen LogP contribution in [0, 0.1) is 0 Å².